The Hall–Kier alpha value is -3.90. The molecule has 1 unspecified atom stereocenters. The van der Waals surface area contributed by atoms with Crippen LogP contribution in [0.25, 0.3) is 11.4 Å². The van der Waals surface area contributed by atoms with E-state index in [2.05, 4.69) is 35.9 Å². The van der Waals surface area contributed by atoms with Crippen molar-refractivity contribution in [3.63, 3.8) is 0 Å². The molecule has 30 heavy (non-hydrogen) atoms. The number of amides is 1. The van der Waals surface area contributed by atoms with Crippen molar-refractivity contribution < 1.29 is 18.0 Å². The molecule has 13 heteroatoms. The van der Waals surface area contributed by atoms with E-state index in [-0.39, 0.29) is 23.2 Å². The van der Waals surface area contributed by atoms with E-state index in [1.165, 1.54) is 24.1 Å². The second-order valence-electron chi connectivity index (χ2n) is 6.32. The quantitative estimate of drug-likeness (QED) is 0.692. The number of benzene rings is 1. The predicted octanol–water partition coefficient (Wildman–Crippen LogP) is 1.61. The average molecular weight is 417 g/mol. The van der Waals surface area contributed by atoms with E-state index in [0.717, 1.165) is 4.68 Å². The molecule has 1 aromatic carbocycles. The second-order valence-corrected chi connectivity index (χ2v) is 6.32. The van der Waals surface area contributed by atoms with Crippen LogP contribution >= 0.6 is 0 Å². The van der Waals surface area contributed by atoms with Crippen LogP contribution in [0.4, 0.5) is 19.1 Å². The lowest BCUT2D eigenvalue weighted by Gasteiger charge is -2.22. The van der Waals surface area contributed by atoms with Crippen molar-refractivity contribution in [2.24, 2.45) is 12.0 Å². The molecule has 1 atom stereocenters. The lowest BCUT2D eigenvalue weighted by atomic mass is 10.0. The summed E-state index contributed by atoms with van der Waals surface area (Å²) in [5.74, 6) is -0.679. The number of anilines is 1. The number of carbonyl (C=O) groups is 1. The molecule has 3 aromatic rings. The van der Waals surface area contributed by atoms with Crippen molar-refractivity contribution >= 4 is 17.7 Å². The number of carbonyl (C=O) groups excluding carboxylic acids is 1. The highest BCUT2D eigenvalue weighted by atomic mass is 19.4. The number of hydrogen-bond acceptors (Lipinski definition) is 7. The summed E-state index contributed by atoms with van der Waals surface area (Å²) in [4.78, 5) is 20.6. The topological polar surface area (TPSA) is 116 Å². The Morgan fingerprint density at radius 1 is 1.23 bits per heavy atom. The van der Waals surface area contributed by atoms with Crippen LogP contribution in [0.15, 0.2) is 53.3 Å². The third-order valence-electron chi connectivity index (χ3n) is 4.27. The van der Waals surface area contributed by atoms with Crippen LogP contribution in [0.2, 0.25) is 0 Å². The Morgan fingerprint density at radius 2 is 2.00 bits per heavy atom. The minimum atomic E-state index is -4.57. The molecule has 10 nitrogen and oxygen atoms in total. The van der Waals surface area contributed by atoms with Gasteiger partial charge in [0, 0.05) is 12.6 Å². The zero-order chi connectivity index (χ0) is 21.3. The number of halogens is 3. The third kappa shape index (κ3) is 3.81. The van der Waals surface area contributed by atoms with Crippen LogP contribution < -0.4 is 5.32 Å². The number of hydrogen-bond donors (Lipinski definition) is 1. The summed E-state index contributed by atoms with van der Waals surface area (Å²) in [5, 5.41) is 17.3. The summed E-state index contributed by atoms with van der Waals surface area (Å²) in [6.07, 6.45) is -2.67. The van der Waals surface area contributed by atoms with Gasteiger partial charge in [0.25, 0.3) is 5.91 Å². The number of aliphatic imine (C=N–C) groups is 1. The van der Waals surface area contributed by atoms with Crippen LogP contribution in [0, 0.1) is 0 Å². The number of dihydropyridines is 1. The van der Waals surface area contributed by atoms with Gasteiger partial charge in [-0.25, -0.2) is 14.3 Å². The number of rotatable bonds is 3. The van der Waals surface area contributed by atoms with E-state index in [9.17, 15) is 18.0 Å². The molecule has 4 rings (SSSR count). The molecule has 3 heterocycles. The van der Waals surface area contributed by atoms with Gasteiger partial charge in [-0.15, -0.1) is 5.10 Å². The molecule has 0 bridgehead atoms. The molecule has 1 amide bonds. The van der Waals surface area contributed by atoms with E-state index in [4.69, 9.17) is 0 Å². The zero-order valence-corrected chi connectivity index (χ0v) is 15.4. The summed E-state index contributed by atoms with van der Waals surface area (Å²) in [5.41, 5.74) is 0.572. The number of tetrazole rings is 1. The van der Waals surface area contributed by atoms with Gasteiger partial charge >= 0.3 is 6.18 Å². The van der Waals surface area contributed by atoms with Crippen LogP contribution in [0.1, 0.15) is 6.42 Å². The van der Waals surface area contributed by atoms with Crippen molar-refractivity contribution in [1.29, 1.82) is 0 Å². The van der Waals surface area contributed by atoms with E-state index in [1.807, 2.05) is 6.07 Å². The number of nitrogens with zero attached hydrogens (tertiary/aromatic N) is 8. The van der Waals surface area contributed by atoms with Crippen molar-refractivity contribution in [1.82, 2.24) is 35.0 Å². The standard InChI is InChI=1S/C17H14F3N9O/c1-28-16(24-26-27-28)23-15(30)11-7-8-12(17(18,19)20)22-14(11)29-9-21-13(25-29)10-5-3-2-4-6-10/h2-7,9,12H,8H2,1H3,(H,23,24,27,30). The monoisotopic (exact) mass is 417 g/mol. The first kappa shape index (κ1) is 19.4. The molecule has 0 spiro atoms. The Kier molecular flexibility index (Phi) is 4.85. The Balaban J connectivity index is 1.69. The molecule has 0 saturated carbocycles. The van der Waals surface area contributed by atoms with Gasteiger partial charge in [0.05, 0.1) is 5.57 Å². The molecule has 2 aromatic heterocycles. The average Bonchev–Trinajstić information content (AvgIpc) is 3.37. The minimum Gasteiger partial charge on any atom is -0.289 e. The molecule has 1 N–H and O–H groups in total. The molecule has 0 aliphatic carbocycles. The van der Waals surface area contributed by atoms with Crippen molar-refractivity contribution in [3.05, 3.63) is 48.3 Å². The van der Waals surface area contributed by atoms with Gasteiger partial charge in [-0.05, 0) is 16.8 Å². The second kappa shape index (κ2) is 7.50. The summed E-state index contributed by atoms with van der Waals surface area (Å²) in [6, 6.07) is 6.89. The smallest absolute Gasteiger partial charge is 0.289 e. The molecule has 1 aliphatic heterocycles. The molecule has 0 fully saturated rings. The van der Waals surface area contributed by atoms with E-state index < -0.39 is 24.5 Å². The first-order chi connectivity index (χ1) is 14.3. The van der Waals surface area contributed by atoms with Crippen LogP contribution in [-0.4, -0.2) is 58.9 Å². The summed E-state index contributed by atoms with van der Waals surface area (Å²) < 4.78 is 42.1. The molecule has 0 saturated heterocycles. The zero-order valence-electron chi connectivity index (χ0n) is 15.4. The van der Waals surface area contributed by atoms with Gasteiger partial charge in [-0.1, -0.05) is 41.5 Å². The van der Waals surface area contributed by atoms with Gasteiger partial charge in [0.1, 0.15) is 6.33 Å². The highest BCUT2D eigenvalue weighted by molar-refractivity contribution is 6.25. The Bertz CT molecular complexity index is 1130. The fourth-order valence-corrected chi connectivity index (χ4v) is 2.76. The number of alkyl halides is 3. The maximum atomic E-state index is 13.3. The number of nitrogens with one attached hydrogen (secondary N) is 1. The maximum absolute atomic E-state index is 13.3. The van der Waals surface area contributed by atoms with Gasteiger partial charge in [-0.3, -0.25) is 15.1 Å². The summed E-state index contributed by atoms with van der Waals surface area (Å²) in [7, 11) is 1.50. The highest BCUT2D eigenvalue weighted by Gasteiger charge is 2.42. The van der Waals surface area contributed by atoms with Gasteiger partial charge < -0.3 is 0 Å². The summed E-state index contributed by atoms with van der Waals surface area (Å²) in [6.45, 7) is 0. The van der Waals surface area contributed by atoms with Crippen molar-refractivity contribution in [2.45, 2.75) is 18.6 Å². The molecule has 0 radical (unpaired) electrons. The fourth-order valence-electron chi connectivity index (χ4n) is 2.76. The maximum Gasteiger partial charge on any atom is 0.411 e. The first-order valence-electron chi connectivity index (χ1n) is 8.69. The van der Waals surface area contributed by atoms with E-state index in [0.29, 0.717) is 5.56 Å². The molecule has 1 aliphatic rings. The Labute approximate surface area is 167 Å². The lowest BCUT2D eigenvalue weighted by Crippen LogP contribution is -2.36. The van der Waals surface area contributed by atoms with Gasteiger partial charge in [0.15, 0.2) is 17.7 Å². The van der Waals surface area contributed by atoms with Crippen LogP contribution in [0.3, 0.4) is 0 Å². The highest BCUT2D eigenvalue weighted by Crippen LogP contribution is 2.30. The number of aromatic nitrogens is 7. The fraction of sp³-hybridized carbons (Fsp3) is 0.235. The van der Waals surface area contributed by atoms with Crippen molar-refractivity contribution in [2.75, 3.05) is 5.32 Å². The van der Waals surface area contributed by atoms with E-state index >= 15 is 0 Å². The predicted molar refractivity (Wildman–Crippen MR) is 98.3 cm³/mol. The Morgan fingerprint density at radius 3 is 2.67 bits per heavy atom. The normalized spacial score (nSPS) is 16.7. The number of aryl methyl sites for hydroxylation is 1. The molecule has 154 valence electrons. The van der Waals surface area contributed by atoms with Crippen LogP contribution in [0.5, 0.6) is 0 Å². The first-order valence-corrected chi connectivity index (χ1v) is 8.69. The van der Waals surface area contributed by atoms with Crippen molar-refractivity contribution in [3.8, 4) is 11.4 Å². The van der Waals surface area contributed by atoms with E-state index in [1.54, 1.807) is 24.3 Å². The molecular formula is C17H14F3N9O. The largest absolute Gasteiger partial charge is 0.411 e. The van der Waals surface area contributed by atoms with Gasteiger partial charge in [-0.2, -0.15) is 13.2 Å². The molecular weight excluding hydrogens is 403 g/mol. The lowest BCUT2D eigenvalue weighted by molar-refractivity contribution is -0.146. The van der Waals surface area contributed by atoms with Gasteiger partial charge in [0.2, 0.25) is 5.95 Å². The SMILES string of the molecule is Cn1nnnc1NC(=O)C1=CCC(C(F)(F)F)N=C1n1cnc(-c2ccccc2)n1. The third-order valence-corrected chi connectivity index (χ3v) is 4.27. The summed E-state index contributed by atoms with van der Waals surface area (Å²) >= 11 is 0. The van der Waals surface area contributed by atoms with Crippen LogP contribution in [-0.2, 0) is 11.8 Å². The minimum absolute atomic E-state index is 0.0294.